The number of halogens is 7. The number of hydrogen-bond acceptors (Lipinski definition) is 5. The van der Waals surface area contributed by atoms with E-state index in [4.69, 9.17) is 5.11 Å². The Balaban J connectivity index is 0.000000324. The van der Waals surface area contributed by atoms with Crippen LogP contribution in [-0.2, 0) is 18.0 Å². The van der Waals surface area contributed by atoms with Gasteiger partial charge in [-0.2, -0.15) is 26.3 Å². The average Bonchev–Trinajstić information content (AvgIpc) is 3.01. The van der Waals surface area contributed by atoms with Crippen LogP contribution in [0.3, 0.4) is 0 Å². The van der Waals surface area contributed by atoms with Crippen LogP contribution in [0.4, 0.5) is 36.4 Å². The van der Waals surface area contributed by atoms with Crippen LogP contribution in [0.5, 0.6) is 0 Å². The van der Waals surface area contributed by atoms with E-state index in [-0.39, 0.29) is 28.8 Å². The molecule has 0 aliphatic rings. The molecule has 3 N–H and O–H groups in total. The zero-order valence-corrected chi connectivity index (χ0v) is 27.8. The maximum absolute atomic E-state index is 14.0. The molecule has 266 valence electrons. The highest BCUT2D eigenvalue weighted by molar-refractivity contribution is 5.98. The van der Waals surface area contributed by atoms with E-state index in [2.05, 4.69) is 10.3 Å². The number of alkyl halides is 6. The summed E-state index contributed by atoms with van der Waals surface area (Å²) in [7, 11) is 1.32. The van der Waals surface area contributed by atoms with Gasteiger partial charge in [-0.3, -0.25) is 19.4 Å². The lowest BCUT2D eigenvalue weighted by molar-refractivity contribution is -0.143. The molecule has 4 rings (SSSR count). The molecular weight excluding hydrogens is 661 g/mol. The van der Waals surface area contributed by atoms with E-state index in [9.17, 15) is 45.1 Å². The van der Waals surface area contributed by atoms with Crippen molar-refractivity contribution in [1.82, 2.24) is 14.9 Å². The summed E-state index contributed by atoms with van der Waals surface area (Å²) in [5, 5.41) is 13.5. The maximum atomic E-state index is 14.0. The number of pyridine rings is 2. The SMILES string of the molecule is CC.CC[C@@H](Nc1cc(C)c(C(=O)NCC(=O)O)c(F)c1)C(F)(F)F.Cc1c(C(F)(F)F)cn(C)c(=O)c1-c1ccc(C)c2cccnc12. The Morgan fingerprint density at radius 3 is 2.16 bits per heavy atom. The number of aliphatic carboxylic acids is 1. The molecule has 1 amide bonds. The van der Waals surface area contributed by atoms with Crippen molar-refractivity contribution in [2.45, 2.75) is 66.4 Å². The molecule has 2 aromatic heterocycles. The first-order valence-corrected chi connectivity index (χ1v) is 15.0. The normalized spacial score (nSPS) is 11.9. The zero-order chi connectivity index (χ0) is 37.4. The van der Waals surface area contributed by atoms with Crippen molar-refractivity contribution < 1.29 is 45.4 Å². The molecule has 0 aliphatic heterocycles. The van der Waals surface area contributed by atoms with E-state index >= 15 is 0 Å². The molecule has 0 saturated heterocycles. The van der Waals surface area contributed by atoms with Crippen LogP contribution < -0.4 is 16.2 Å². The first-order chi connectivity index (χ1) is 22.8. The number of amides is 1. The molecule has 0 bridgehead atoms. The van der Waals surface area contributed by atoms with Gasteiger partial charge >= 0.3 is 18.3 Å². The molecule has 2 aromatic carbocycles. The predicted molar refractivity (Wildman–Crippen MR) is 173 cm³/mol. The minimum Gasteiger partial charge on any atom is -0.480 e. The molecule has 0 unspecified atom stereocenters. The first kappa shape index (κ1) is 40.2. The number of fused-ring (bicyclic) bond motifs is 1. The fourth-order valence-electron chi connectivity index (χ4n) is 4.92. The van der Waals surface area contributed by atoms with Gasteiger partial charge in [0.1, 0.15) is 18.4 Å². The van der Waals surface area contributed by atoms with Crippen LogP contribution in [0.1, 0.15) is 59.8 Å². The second-order valence-electron chi connectivity index (χ2n) is 10.7. The van der Waals surface area contributed by atoms with Crippen molar-refractivity contribution in [3.8, 4) is 11.1 Å². The summed E-state index contributed by atoms with van der Waals surface area (Å²) in [5.74, 6) is -3.28. The Kier molecular flexibility index (Phi) is 13.5. The molecule has 0 radical (unpaired) electrons. The molecule has 1 atom stereocenters. The largest absolute Gasteiger partial charge is 0.480 e. The second kappa shape index (κ2) is 16.4. The van der Waals surface area contributed by atoms with Crippen molar-refractivity contribution in [1.29, 1.82) is 0 Å². The molecule has 2 heterocycles. The van der Waals surface area contributed by atoms with Gasteiger partial charge in [-0.1, -0.05) is 39.0 Å². The van der Waals surface area contributed by atoms with E-state index in [1.807, 2.05) is 32.2 Å². The van der Waals surface area contributed by atoms with Crippen molar-refractivity contribution >= 4 is 28.5 Å². The summed E-state index contributed by atoms with van der Waals surface area (Å²) in [4.78, 5) is 39.0. The molecule has 49 heavy (non-hydrogen) atoms. The third kappa shape index (κ3) is 9.80. The Labute approximate surface area is 278 Å². The molecule has 4 aromatic rings. The lowest BCUT2D eigenvalue weighted by Crippen LogP contribution is -2.35. The van der Waals surface area contributed by atoms with Crippen molar-refractivity contribution in [2.75, 3.05) is 11.9 Å². The van der Waals surface area contributed by atoms with E-state index in [1.165, 1.54) is 33.9 Å². The number of nitrogens with zero attached hydrogens (tertiary/aromatic N) is 2. The average molecular weight is 699 g/mol. The number of nitrogens with one attached hydrogen (secondary N) is 2. The van der Waals surface area contributed by atoms with Gasteiger partial charge in [0.2, 0.25) is 0 Å². The number of aromatic nitrogens is 2. The summed E-state index contributed by atoms with van der Waals surface area (Å²) in [5.41, 5.74) is 0.127. The minimum absolute atomic E-state index is 0.0380. The number of carbonyl (C=O) groups is 2. The quantitative estimate of drug-likeness (QED) is 0.169. The Hall–Kier alpha value is -4.95. The summed E-state index contributed by atoms with van der Waals surface area (Å²) in [6.45, 7) is 9.21. The number of benzene rings is 2. The van der Waals surface area contributed by atoms with Gasteiger partial charge in [0, 0.05) is 36.1 Å². The van der Waals surface area contributed by atoms with Crippen LogP contribution in [-0.4, -0.2) is 45.3 Å². The third-order valence-electron chi connectivity index (χ3n) is 7.26. The maximum Gasteiger partial charge on any atom is 0.418 e. The first-order valence-electron chi connectivity index (χ1n) is 15.0. The van der Waals surface area contributed by atoms with Gasteiger partial charge in [-0.15, -0.1) is 0 Å². The number of carboxylic acids is 1. The predicted octanol–water partition coefficient (Wildman–Crippen LogP) is 7.96. The monoisotopic (exact) mass is 698 g/mol. The highest BCUT2D eigenvalue weighted by Crippen LogP contribution is 2.36. The van der Waals surface area contributed by atoms with Crippen molar-refractivity contribution in [2.24, 2.45) is 7.05 Å². The molecule has 0 aliphatic carbocycles. The van der Waals surface area contributed by atoms with Crippen LogP contribution in [0.25, 0.3) is 22.0 Å². The van der Waals surface area contributed by atoms with Gasteiger partial charge in [0.05, 0.1) is 22.2 Å². The van der Waals surface area contributed by atoms with Crippen molar-refractivity contribution in [3.63, 3.8) is 0 Å². The fourth-order valence-corrected chi connectivity index (χ4v) is 4.92. The topological polar surface area (TPSA) is 113 Å². The van der Waals surface area contributed by atoms with Gasteiger partial charge in [0.25, 0.3) is 11.5 Å². The van der Waals surface area contributed by atoms with E-state index in [1.54, 1.807) is 24.4 Å². The van der Waals surface area contributed by atoms with Crippen LogP contribution in [0, 0.1) is 26.6 Å². The zero-order valence-electron chi connectivity index (χ0n) is 27.8. The molecular formula is C34H37F7N4O4. The fraction of sp³-hybridized carbons (Fsp3) is 0.353. The smallest absolute Gasteiger partial charge is 0.418 e. The molecule has 8 nitrogen and oxygen atoms in total. The van der Waals surface area contributed by atoms with E-state index in [0.29, 0.717) is 11.1 Å². The lowest BCUT2D eigenvalue weighted by atomic mass is 9.95. The molecule has 15 heteroatoms. The Morgan fingerprint density at radius 2 is 1.63 bits per heavy atom. The summed E-state index contributed by atoms with van der Waals surface area (Å²) in [6, 6.07) is 7.19. The third-order valence-corrected chi connectivity index (χ3v) is 7.26. The standard InChI is InChI=1S/C18H15F3N2O.C14H16F4N2O3.C2H6/c1-10-6-7-13(16-12(10)5-4-8-22-16)15-11(2)14(18(19,20)21)9-23(3)17(15)24;1-3-10(14(16,17)18)20-8-4-7(2)12(9(15)5-8)13(23)19-6-11(21)22;1-2/h4-9H,1-3H3;4-5,10,20H,3,6H2,1-2H3,(H,19,23)(H,21,22);1-2H3/t;10-;/m.1./s1. The molecule has 0 fully saturated rings. The van der Waals surface area contributed by atoms with Crippen LogP contribution in [0.15, 0.2) is 53.6 Å². The molecule has 0 saturated carbocycles. The van der Waals surface area contributed by atoms with Crippen molar-refractivity contribution in [3.05, 3.63) is 92.8 Å². The number of carbonyl (C=O) groups excluding carboxylic acids is 1. The second-order valence-corrected chi connectivity index (χ2v) is 10.7. The van der Waals surface area contributed by atoms with Crippen LogP contribution in [0.2, 0.25) is 0 Å². The Bertz CT molecular complexity index is 1850. The summed E-state index contributed by atoms with van der Waals surface area (Å²) >= 11 is 0. The number of anilines is 1. The highest BCUT2D eigenvalue weighted by Gasteiger charge is 2.38. The summed E-state index contributed by atoms with van der Waals surface area (Å²) in [6.07, 6.45) is -6.86. The van der Waals surface area contributed by atoms with Gasteiger partial charge in [-0.05, 0) is 62.1 Å². The number of hydrogen-bond donors (Lipinski definition) is 3. The number of carboxylic acid groups (broad SMARTS) is 1. The molecule has 0 spiro atoms. The number of rotatable bonds is 7. The van der Waals surface area contributed by atoms with Gasteiger partial charge in [-0.25, -0.2) is 4.39 Å². The Morgan fingerprint density at radius 1 is 1.00 bits per heavy atom. The van der Waals surface area contributed by atoms with E-state index < -0.39 is 59.3 Å². The minimum atomic E-state index is -4.53. The summed E-state index contributed by atoms with van der Waals surface area (Å²) < 4.78 is 93.0. The van der Waals surface area contributed by atoms with E-state index in [0.717, 1.165) is 27.8 Å². The van der Waals surface area contributed by atoms with Gasteiger partial charge in [0.15, 0.2) is 0 Å². The lowest BCUT2D eigenvalue weighted by Gasteiger charge is -2.22. The van der Waals surface area contributed by atoms with Crippen LogP contribution >= 0.6 is 0 Å². The highest BCUT2D eigenvalue weighted by atomic mass is 19.4. The number of aryl methyl sites for hydroxylation is 3. The van der Waals surface area contributed by atoms with Gasteiger partial charge < -0.3 is 20.3 Å².